The van der Waals surface area contributed by atoms with Gasteiger partial charge < -0.3 is 30.1 Å². The van der Waals surface area contributed by atoms with Gasteiger partial charge >= 0.3 is 14.8 Å². The van der Waals surface area contributed by atoms with Gasteiger partial charge in [0.2, 0.25) is 0 Å². The minimum Gasteiger partial charge on any atom is -0.377 e. The number of primary amides is 1. The summed E-state index contributed by atoms with van der Waals surface area (Å²) >= 11 is 0. The third kappa shape index (κ3) is 7.29. The van der Waals surface area contributed by atoms with Crippen molar-refractivity contribution >= 4 is 14.8 Å². The zero-order chi connectivity index (χ0) is 13.1. The van der Waals surface area contributed by atoms with E-state index in [0.717, 1.165) is 19.3 Å². The van der Waals surface area contributed by atoms with Crippen molar-refractivity contribution in [2.45, 2.75) is 25.3 Å². The van der Waals surface area contributed by atoms with Crippen molar-refractivity contribution in [2.75, 3.05) is 27.5 Å². The third-order valence-electron chi connectivity index (χ3n) is 2.38. The number of carbonyl (C=O) groups is 1. The van der Waals surface area contributed by atoms with Crippen LogP contribution in [0.4, 0.5) is 4.79 Å². The Labute approximate surface area is 103 Å². The van der Waals surface area contributed by atoms with Gasteiger partial charge in [-0.15, -0.1) is 0 Å². The summed E-state index contributed by atoms with van der Waals surface area (Å²) in [7, 11) is 0.576. The quantitative estimate of drug-likeness (QED) is 0.292. The van der Waals surface area contributed by atoms with Crippen LogP contribution >= 0.6 is 0 Å². The van der Waals surface area contributed by atoms with Crippen molar-refractivity contribution in [1.29, 1.82) is 0 Å². The Hall–Kier alpha value is -0.673. The molecule has 102 valence electrons. The number of nitrogens with two attached hydrogens (primary N) is 2. The fourth-order valence-corrected chi connectivity index (χ4v) is 3.35. The van der Waals surface area contributed by atoms with Crippen LogP contribution in [0.1, 0.15) is 19.3 Å². The highest BCUT2D eigenvalue weighted by atomic mass is 28.4. The Morgan fingerprint density at radius 3 is 2.35 bits per heavy atom. The number of urea groups is 1. The third-order valence-corrected chi connectivity index (χ3v) is 5.20. The highest BCUT2D eigenvalue weighted by Crippen LogP contribution is 2.17. The molecule has 8 heteroatoms. The maximum atomic E-state index is 10.4. The lowest BCUT2D eigenvalue weighted by atomic mass is 10.2. The van der Waals surface area contributed by atoms with E-state index in [0.29, 0.717) is 12.6 Å². The topological polar surface area (TPSA) is 109 Å². The van der Waals surface area contributed by atoms with E-state index >= 15 is 0 Å². The molecular formula is C9H23N3O4Si. The molecule has 7 nitrogen and oxygen atoms in total. The van der Waals surface area contributed by atoms with Gasteiger partial charge in [-0.25, -0.2) is 4.79 Å². The van der Waals surface area contributed by atoms with Crippen LogP contribution < -0.4 is 16.8 Å². The van der Waals surface area contributed by atoms with Crippen molar-refractivity contribution in [3.63, 3.8) is 0 Å². The van der Waals surface area contributed by atoms with Gasteiger partial charge in [0.05, 0.1) is 6.73 Å². The second-order valence-corrected chi connectivity index (χ2v) is 6.48. The van der Waals surface area contributed by atoms with Gasteiger partial charge in [-0.2, -0.15) is 0 Å². The standard InChI is InChI=1S/C9H23N3O4Si/c1-14-17(15-2,16-8-10)7-5-3-4-6-12-9(11)13/h3-8,10H2,1-2H3,(H3,11,12,13). The van der Waals surface area contributed by atoms with Crippen molar-refractivity contribution in [3.05, 3.63) is 0 Å². The predicted molar refractivity (Wildman–Crippen MR) is 66.2 cm³/mol. The molecule has 0 unspecified atom stereocenters. The Morgan fingerprint density at radius 2 is 1.88 bits per heavy atom. The highest BCUT2D eigenvalue weighted by Gasteiger charge is 2.37. The number of unbranched alkanes of at least 4 members (excludes halogenated alkanes) is 2. The van der Waals surface area contributed by atoms with Crippen LogP contribution in [-0.4, -0.2) is 42.3 Å². The molecule has 0 aliphatic rings. The summed E-state index contributed by atoms with van der Waals surface area (Å²) in [5.74, 6) is 0. The van der Waals surface area contributed by atoms with Gasteiger partial charge in [0.25, 0.3) is 0 Å². The molecule has 0 saturated carbocycles. The van der Waals surface area contributed by atoms with Crippen LogP contribution in [-0.2, 0) is 13.3 Å². The smallest absolute Gasteiger partial charge is 0.377 e. The molecule has 0 aliphatic heterocycles. The SMILES string of the molecule is CO[Si](CCCCCNC(N)=O)(OC)OCN. The van der Waals surface area contributed by atoms with Gasteiger partial charge in [0.1, 0.15) is 0 Å². The molecular weight excluding hydrogens is 242 g/mol. The summed E-state index contributed by atoms with van der Waals surface area (Å²) in [5, 5.41) is 2.53. The van der Waals surface area contributed by atoms with Crippen LogP contribution in [0.25, 0.3) is 0 Å². The van der Waals surface area contributed by atoms with E-state index in [9.17, 15) is 4.79 Å². The summed E-state index contributed by atoms with van der Waals surface area (Å²) in [5.41, 5.74) is 10.3. The molecule has 0 atom stereocenters. The van der Waals surface area contributed by atoms with Crippen LogP contribution in [0.2, 0.25) is 6.04 Å². The number of nitrogens with one attached hydrogen (secondary N) is 1. The molecule has 17 heavy (non-hydrogen) atoms. The Bertz CT molecular complexity index is 214. The number of rotatable bonds is 10. The molecule has 0 aliphatic carbocycles. The van der Waals surface area contributed by atoms with E-state index in [4.69, 9.17) is 24.7 Å². The van der Waals surface area contributed by atoms with E-state index < -0.39 is 14.8 Å². The van der Waals surface area contributed by atoms with E-state index in [1.807, 2.05) is 0 Å². The number of hydrogen-bond acceptors (Lipinski definition) is 5. The first-order chi connectivity index (χ1) is 8.10. The van der Waals surface area contributed by atoms with Gasteiger partial charge in [-0.3, -0.25) is 0 Å². The van der Waals surface area contributed by atoms with Crippen LogP contribution in [0.15, 0.2) is 0 Å². The lowest BCUT2D eigenvalue weighted by Crippen LogP contribution is -2.45. The van der Waals surface area contributed by atoms with Gasteiger partial charge in [-0.1, -0.05) is 6.42 Å². The molecule has 0 aromatic heterocycles. The largest absolute Gasteiger partial charge is 0.501 e. The lowest BCUT2D eigenvalue weighted by Gasteiger charge is -2.25. The van der Waals surface area contributed by atoms with Crippen molar-refractivity contribution in [3.8, 4) is 0 Å². The Balaban J connectivity index is 3.71. The normalized spacial score (nSPS) is 11.5. The van der Waals surface area contributed by atoms with Crippen LogP contribution in [0.3, 0.4) is 0 Å². The second-order valence-electron chi connectivity index (χ2n) is 3.50. The van der Waals surface area contributed by atoms with E-state index in [1.165, 1.54) is 0 Å². The first-order valence-electron chi connectivity index (χ1n) is 5.58. The van der Waals surface area contributed by atoms with Crippen molar-refractivity contribution < 1.29 is 18.1 Å². The summed E-state index contributed by atoms with van der Waals surface area (Å²) < 4.78 is 15.9. The summed E-state index contributed by atoms with van der Waals surface area (Å²) in [6.45, 7) is 0.679. The average molecular weight is 265 g/mol. The number of hydrogen-bond donors (Lipinski definition) is 3. The average Bonchev–Trinajstić information content (AvgIpc) is 2.32. The zero-order valence-electron chi connectivity index (χ0n) is 10.5. The molecule has 0 fully saturated rings. The maximum Gasteiger partial charge on any atom is 0.501 e. The first-order valence-corrected chi connectivity index (χ1v) is 7.51. The fraction of sp³-hybridized carbons (Fsp3) is 0.889. The van der Waals surface area contributed by atoms with Crippen molar-refractivity contribution in [1.82, 2.24) is 5.32 Å². The predicted octanol–water partition coefficient (Wildman–Crippen LogP) is -0.0105. The fourth-order valence-electron chi connectivity index (χ4n) is 1.46. The molecule has 0 saturated heterocycles. The van der Waals surface area contributed by atoms with Crippen LogP contribution in [0.5, 0.6) is 0 Å². The number of amides is 2. The van der Waals surface area contributed by atoms with E-state index in [1.54, 1.807) is 14.2 Å². The molecule has 0 heterocycles. The summed E-state index contributed by atoms with van der Waals surface area (Å²) in [6.07, 6.45) is 2.70. The van der Waals surface area contributed by atoms with Gasteiger partial charge in [-0.05, 0) is 12.8 Å². The van der Waals surface area contributed by atoms with E-state index in [-0.39, 0.29) is 6.73 Å². The summed E-state index contributed by atoms with van der Waals surface area (Å²) in [4.78, 5) is 10.4. The molecule has 5 N–H and O–H groups in total. The molecule has 0 spiro atoms. The van der Waals surface area contributed by atoms with Crippen LogP contribution in [0, 0.1) is 0 Å². The highest BCUT2D eigenvalue weighted by molar-refractivity contribution is 6.60. The minimum absolute atomic E-state index is 0.0944. The molecule has 0 aromatic rings. The molecule has 0 rings (SSSR count). The monoisotopic (exact) mass is 265 g/mol. The molecule has 2 amide bonds. The Morgan fingerprint density at radius 1 is 1.24 bits per heavy atom. The molecule has 0 bridgehead atoms. The maximum absolute atomic E-state index is 10.4. The zero-order valence-corrected chi connectivity index (χ0v) is 11.5. The van der Waals surface area contributed by atoms with Gasteiger partial charge in [0.15, 0.2) is 0 Å². The summed E-state index contributed by atoms with van der Waals surface area (Å²) in [6, 6.07) is 0.224. The van der Waals surface area contributed by atoms with Crippen molar-refractivity contribution in [2.24, 2.45) is 11.5 Å². The minimum atomic E-state index is -2.56. The Kier molecular flexibility index (Phi) is 9.00. The molecule has 0 aromatic carbocycles. The lowest BCUT2D eigenvalue weighted by molar-refractivity contribution is 0.100. The molecule has 0 radical (unpaired) electrons. The van der Waals surface area contributed by atoms with E-state index in [2.05, 4.69) is 5.32 Å². The van der Waals surface area contributed by atoms with Gasteiger partial charge in [0, 0.05) is 26.8 Å². The second kappa shape index (κ2) is 9.37. The number of carbonyl (C=O) groups excluding carboxylic acids is 1. The first kappa shape index (κ1) is 16.3.